The lowest BCUT2D eigenvalue weighted by Crippen LogP contribution is -2.45. The summed E-state index contributed by atoms with van der Waals surface area (Å²) in [7, 11) is 1.66. The summed E-state index contributed by atoms with van der Waals surface area (Å²) in [5.41, 5.74) is 0.905. The van der Waals surface area contributed by atoms with E-state index in [-0.39, 0.29) is 5.60 Å². The molecule has 1 aliphatic rings. The highest BCUT2D eigenvalue weighted by Gasteiger charge is 2.27. The highest BCUT2D eigenvalue weighted by molar-refractivity contribution is 6.30. The average molecular weight is 270 g/mol. The topological polar surface area (TPSA) is 30.5 Å². The van der Waals surface area contributed by atoms with E-state index in [0.717, 1.165) is 37.2 Å². The molecule has 0 spiro atoms. The molecule has 1 aliphatic heterocycles. The Morgan fingerprint density at radius 2 is 2.28 bits per heavy atom. The van der Waals surface area contributed by atoms with Crippen LogP contribution in [0.1, 0.15) is 25.3 Å². The third kappa shape index (κ3) is 3.37. The molecular weight excluding hydrogens is 250 g/mol. The van der Waals surface area contributed by atoms with Gasteiger partial charge in [0.2, 0.25) is 0 Å². The van der Waals surface area contributed by atoms with Crippen LogP contribution in [-0.2, 0) is 11.3 Å². The smallest absolute Gasteiger partial charge is 0.124 e. The zero-order valence-electron chi connectivity index (χ0n) is 11.0. The number of nitrogens with one attached hydrogen (secondary N) is 1. The molecule has 2 rings (SSSR count). The number of methoxy groups -OCH3 is 1. The van der Waals surface area contributed by atoms with Crippen molar-refractivity contribution in [3.05, 3.63) is 28.8 Å². The van der Waals surface area contributed by atoms with E-state index in [1.165, 1.54) is 0 Å². The minimum absolute atomic E-state index is 0.0917. The van der Waals surface area contributed by atoms with E-state index >= 15 is 0 Å². The third-order valence-corrected chi connectivity index (χ3v) is 3.61. The van der Waals surface area contributed by atoms with Crippen molar-refractivity contribution in [1.82, 2.24) is 5.32 Å². The van der Waals surface area contributed by atoms with Gasteiger partial charge in [-0.25, -0.2) is 0 Å². The van der Waals surface area contributed by atoms with E-state index in [1.54, 1.807) is 7.11 Å². The highest BCUT2D eigenvalue weighted by Crippen LogP contribution is 2.27. The second-order valence-electron chi connectivity index (χ2n) is 4.98. The summed E-state index contributed by atoms with van der Waals surface area (Å²) in [4.78, 5) is 0. The molecule has 4 heteroatoms. The Bertz CT molecular complexity index is 403. The van der Waals surface area contributed by atoms with Gasteiger partial charge in [-0.05, 0) is 44.5 Å². The molecule has 1 atom stereocenters. The first-order chi connectivity index (χ1) is 8.63. The molecule has 1 heterocycles. The standard InChI is InChI=1S/C14H20ClNO2/c1-14(6-3-7-16-10-14)18-9-11-8-12(15)4-5-13(11)17-2/h4-5,8,16H,3,6-7,9-10H2,1-2H3. The summed E-state index contributed by atoms with van der Waals surface area (Å²) in [5, 5.41) is 4.08. The number of piperidine rings is 1. The van der Waals surface area contributed by atoms with Gasteiger partial charge < -0.3 is 14.8 Å². The predicted octanol–water partition coefficient (Wildman–Crippen LogP) is 3.01. The molecule has 1 aromatic carbocycles. The van der Waals surface area contributed by atoms with Crippen LogP contribution in [0.5, 0.6) is 5.75 Å². The molecule has 0 amide bonds. The van der Waals surface area contributed by atoms with Crippen LogP contribution in [0.3, 0.4) is 0 Å². The molecule has 1 aromatic rings. The summed E-state index contributed by atoms with van der Waals surface area (Å²) in [6, 6.07) is 5.61. The number of rotatable bonds is 4. The number of halogens is 1. The van der Waals surface area contributed by atoms with Gasteiger partial charge in [0.05, 0.1) is 19.3 Å². The Morgan fingerprint density at radius 1 is 1.44 bits per heavy atom. The van der Waals surface area contributed by atoms with Gasteiger partial charge in [0.1, 0.15) is 5.75 Å². The zero-order valence-corrected chi connectivity index (χ0v) is 11.7. The van der Waals surface area contributed by atoms with E-state index in [0.29, 0.717) is 11.6 Å². The number of hydrogen-bond acceptors (Lipinski definition) is 3. The van der Waals surface area contributed by atoms with Gasteiger partial charge in [-0.3, -0.25) is 0 Å². The molecule has 1 unspecified atom stereocenters. The van der Waals surface area contributed by atoms with Crippen LogP contribution in [0.2, 0.25) is 5.02 Å². The van der Waals surface area contributed by atoms with Crippen LogP contribution < -0.4 is 10.1 Å². The van der Waals surface area contributed by atoms with E-state index in [4.69, 9.17) is 21.1 Å². The summed E-state index contributed by atoms with van der Waals surface area (Å²) in [6.07, 6.45) is 2.24. The van der Waals surface area contributed by atoms with Crippen LogP contribution in [0.15, 0.2) is 18.2 Å². The van der Waals surface area contributed by atoms with Gasteiger partial charge in [0.25, 0.3) is 0 Å². The minimum Gasteiger partial charge on any atom is -0.496 e. The molecule has 0 radical (unpaired) electrons. The zero-order chi connectivity index (χ0) is 13.0. The normalized spacial score (nSPS) is 23.9. The van der Waals surface area contributed by atoms with Crippen LogP contribution in [-0.4, -0.2) is 25.8 Å². The van der Waals surface area contributed by atoms with Gasteiger partial charge in [-0.2, -0.15) is 0 Å². The highest BCUT2D eigenvalue weighted by atomic mass is 35.5. The Kier molecular flexibility index (Phi) is 4.49. The molecule has 1 saturated heterocycles. The number of ether oxygens (including phenoxy) is 2. The number of hydrogen-bond donors (Lipinski definition) is 1. The second kappa shape index (κ2) is 5.91. The largest absolute Gasteiger partial charge is 0.496 e. The lowest BCUT2D eigenvalue weighted by molar-refractivity contribution is -0.0576. The lowest BCUT2D eigenvalue weighted by Gasteiger charge is -2.34. The summed E-state index contributed by atoms with van der Waals surface area (Å²) >= 11 is 6.01. The van der Waals surface area contributed by atoms with E-state index in [9.17, 15) is 0 Å². The molecule has 0 aromatic heterocycles. The molecule has 100 valence electrons. The molecular formula is C14H20ClNO2. The van der Waals surface area contributed by atoms with E-state index in [1.807, 2.05) is 18.2 Å². The van der Waals surface area contributed by atoms with Gasteiger partial charge in [0.15, 0.2) is 0 Å². The first-order valence-electron chi connectivity index (χ1n) is 6.30. The van der Waals surface area contributed by atoms with Crippen molar-refractivity contribution in [2.75, 3.05) is 20.2 Å². The molecule has 0 bridgehead atoms. The van der Waals surface area contributed by atoms with Crippen molar-refractivity contribution >= 4 is 11.6 Å². The fourth-order valence-corrected chi connectivity index (χ4v) is 2.46. The fourth-order valence-electron chi connectivity index (χ4n) is 2.26. The van der Waals surface area contributed by atoms with Crippen molar-refractivity contribution in [2.24, 2.45) is 0 Å². The van der Waals surface area contributed by atoms with Crippen molar-refractivity contribution in [3.8, 4) is 5.75 Å². The summed E-state index contributed by atoms with van der Waals surface area (Å²) in [6.45, 7) is 4.66. The summed E-state index contributed by atoms with van der Waals surface area (Å²) in [5.74, 6) is 0.826. The van der Waals surface area contributed by atoms with Crippen LogP contribution in [0.25, 0.3) is 0 Å². The molecule has 1 N–H and O–H groups in total. The Balaban J connectivity index is 2.02. The Labute approximate surface area is 113 Å². The lowest BCUT2D eigenvalue weighted by atomic mass is 9.96. The summed E-state index contributed by atoms with van der Waals surface area (Å²) < 4.78 is 11.4. The number of benzene rings is 1. The molecule has 18 heavy (non-hydrogen) atoms. The molecule has 1 fully saturated rings. The maximum absolute atomic E-state index is 6.05. The Morgan fingerprint density at radius 3 is 2.94 bits per heavy atom. The molecule has 3 nitrogen and oxygen atoms in total. The van der Waals surface area contributed by atoms with Gasteiger partial charge in [-0.1, -0.05) is 11.6 Å². The van der Waals surface area contributed by atoms with E-state index in [2.05, 4.69) is 12.2 Å². The molecule has 0 aliphatic carbocycles. The monoisotopic (exact) mass is 269 g/mol. The average Bonchev–Trinajstić information content (AvgIpc) is 2.38. The van der Waals surface area contributed by atoms with Crippen molar-refractivity contribution < 1.29 is 9.47 Å². The first-order valence-corrected chi connectivity index (χ1v) is 6.68. The van der Waals surface area contributed by atoms with Gasteiger partial charge in [-0.15, -0.1) is 0 Å². The maximum atomic E-state index is 6.05. The van der Waals surface area contributed by atoms with Crippen LogP contribution in [0.4, 0.5) is 0 Å². The fraction of sp³-hybridized carbons (Fsp3) is 0.571. The SMILES string of the molecule is COc1ccc(Cl)cc1COC1(C)CCCNC1. The van der Waals surface area contributed by atoms with Crippen LogP contribution >= 0.6 is 11.6 Å². The molecule has 0 saturated carbocycles. The van der Waals surface area contributed by atoms with Crippen molar-refractivity contribution in [1.29, 1.82) is 0 Å². The van der Waals surface area contributed by atoms with Gasteiger partial charge >= 0.3 is 0 Å². The maximum Gasteiger partial charge on any atom is 0.124 e. The van der Waals surface area contributed by atoms with Crippen molar-refractivity contribution in [3.63, 3.8) is 0 Å². The second-order valence-corrected chi connectivity index (χ2v) is 5.41. The predicted molar refractivity (Wildman–Crippen MR) is 73.3 cm³/mol. The third-order valence-electron chi connectivity index (χ3n) is 3.38. The Hall–Kier alpha value is -0.770. The quantitative estimate of drug-likeness (QED) is 0.912. The minimum atomic E-state index is -0.0917. The van der Waals surface area contributed by atoms with Crippen molar-refractivity contribution in [2.45, 2.75) is 32.0 Å². The van der Waals surface area contributed by atoms with Crippen LogP contribution in [0, 0.1) is 0 Å². The van der Waals surface area contributed by atoms with E-state index < -0.39 is 0 Å². The first kappa shape index (κ1) is 13.7. The van der Waals surface area contributed by atoms with Gasteiger partial charge in [0, 0.05) is 17.1 Å².